The average molecular weight is 488 g/mol. The van der Waals surface area contributed by atoms with Gasteiger partial charge in [0.2, 0.25) is 0 Å². The van der Waals surface area contributed by atoms with Crippen LogP contribution in [-0.4, -0.2) is 38.9 Å². The second kappa shape index (κ2) is 8.49. The van der Waals surface area contributed by atoms with Crippen LogP contribution in [0.1, 0.15) is 22.2 Å². The maximum absolute atomic E-state index is 14.6. The number of thiophene rings is 1. The number of aromatic amines is 1. The van der Waals surface area contributed by atoms with Gasteiger partial charge in [0.15, 0.2) is 11.6 Å². The second-order valence-electron chi connectivity index (χ2n) is 7.59. The predicted octanol–water partition coefficient (Wildman–Crippen LogP) is 3.30. The summed E-state index contributed by atoms with van der Waals surface area (Å²) >= 11 is 1.09. The van der Waals surface area contributed by atoms with E-state index in [4.69, 9.17) is 9.47 Å². The van der Waals surface area contributed by atoms with E-state index in [2.05, 4.69) is 4.98 Å². The van der Waals surface area contributed by atoms with Crippen molar-refractivity contribution in [3.05, 3.63) is 55.3 Å². The number of nitrogens with one attached hydrogen (secondary N) is 1. The minimum absolute atomic E-state index is 0.00953. The van der Waals surface area contributed by atoms with E-state index in [1.807, 2.05) is 0 Å². The number of rotatable bonds is 5. The van der Waals surface area contributed by atoms with E-state index in [0.29, 0.717) is 16.1 Å². The van der Waals surface area contributed by atoms with Crippen LogP contribution in [-0.2, 0) is 18.8 Å². The van der Waals surface area contributed by atoms with Crippen molar-refractivity contribution < 1.29 is 23.8 Å². The monoisotopic (exact) mass is 487 g/mol. The number of methoxy groups -OCH3 is 1. The molecule has 0 radical (unpaired) electrons. The summed E-state index contributed by atoms with van der Waals surface area (Å²) in [5.41, 5.74) is -0.0904. The summed E-state index contributed by atoms with van der Waals surface area (Å²) < 4.78 is 26.8. The van der Waals surface area contributed by atoms with Gasteiger partial charge in [0.1, 0.15) is 17.0 Å². The van der Waals surface area contributed by atoms with Crippen molar-refractivity contribution in [2.24, 2.45) is 14.1 Å². The van der Waals surface area contributed by atoms with Gasteiger partial charge in [0.25, 0.3) is 5.56 Å². The Morgan fingerprint density at radius 3 is 2.56 bits per heavy atom. The molecule has 1 aromatic carbocycles. The van der Waals surface area contributed by atoms with Gasteiger partial charge < -0.3 is 19.6 Å². The van der Waals surface area contributed by atoms with Gasteiger partial charge in [0.05, 0.1) is 29.7 Å². The van der Waals surface area contributed by atoms with E-state index in [0.717, 1.165) is 15.9 Å². The third-order valence-corrected chi connectivity index (χ3v) is 6.73. The zero-order valence-corrected chi connectivity index (χ0v) is 19.9. The Bertz CT molecular complexity index is 1580. The number of carbonyl (C=O) groups is 1. The molecule has 0 saturated heterocycles. The van der Waals surface area contributed by atoms with E-state index in [-0.39, 0.29) is 45.1 Å². The predicted molar refractivity (Wildman–Crippen MR) is 126 cm³/mol. The van der Waals surface area contributed by atoms with Crippen molar-refractivity contribution in [1.82, 2.24) is 14.1 Å². The summed E-state index contributed by atoms with van der Waals surface area (Å²) in [7, 11) is 4.18. The number of fused-ring (bicyclic) bond motifs is 1. The SMILES string of the molecule is CCOC(=O)c1c(C)sc(-c2c(-c3ccc(OC)c(F)c3)[nH]c3c2c(=O)n(C)c(=O)n3C)c1O. The van der Waals surface area contributed by atoms with Crippen molar-refractivity contribution in [3.8, 4) is 33.2 Å². The Balaban J connectivity index is 2.15. The first-order valence-electron chi connectivity index (χ1n) is 10.3. The van der Waals surface area contributed by atoms with E-state index >= 15 is 0 Å². The molecule has 4 rings (SSSR count). The minimum atomic E-state index is -0.697. The van der Waals surface area contributed by atoms with Crippen LogP contribution in [0.25, 0.3) is 32.7 Å². The van der Waals surface area contributed by atoms with Crippen molar-refractivity contribution in [2.75, 3.05) is 13.7 Å². The van der Waals surface area contributed by atoms with Gasteiger partial charge >= 0.3 is 11.7 Å². The highest BCUT2D eigenvalue weighted by Crippen LogP contribution is 2.47. The van der Waals surface area contributed by atoms with E-state index in [9.17, 15) is 23.9 Å². The number of halogens is 1. The summed E-state index contributed by atoms with van der Waals surface area (Å²) in [5, 5.41) is 11.2. The smallest absolute Gasteiger partial charge is 0.343 e. The number of aryl methyl sites for hydroxylation is 2. The number of benzene rings is 1. The highest BCUT2D eigenvalue weighted by Gasteiger charge is 2.29. The first-order valence-corrected chi connectivity index (χ1v) is 11.1. The quantitative estimate of drug-likeness (QED) is 0.418. The summed E-state index contributed by atoms with van der Waals surface area (Å²) in [4.78, 5) is 42.0. The number of hydrogen-bond donors (Lipinski definition) is 2. The van der Waals surface area contributed by atoms with Crippen molar-refractivity contribution >= 4 is 28.3 Å². The van der Waals surface area contributed by atoms with Gasteiger partial charge in [-0.1, -0.05) is 0 Å². The second-order valence-corrected chi connectivity index (χ2v) is 8.81. The lowest BCUT2D eigenvalue weighted by Crippen LogP contribution is -2.36. The lowest BCUT2D eigenvalue weighted by Gasteiger charge is -2.07. The molecule has 0 aliphatic heterocycles. The van der Waals surface area contributed by atoms with Crippen LogP contribution in [0.2, 0.25) is 0 Å². The van der Waals surface area contributed by atoms with Crippen molar-refractivity contribution in [3.63, 3.8) is 0 Å². The molecule has 2 N–H and O–H groups in total. The Morgan fingerprint density at radius 1 is 1.24 bits per heavy atom. The summed E-state index contributed by atoms with van der Waals surface area (Å²) in [5.74, 6) is -1.65. The van der Waals surface area contributed by atoms with Crippen LogP contribution in [0.4, 0.5) is 4.39 Å². The van der Waals surface area contributed by atoms with Crippen LogP contribution >= 0.6 is 11.3 Å². The highest BCUT2D eigenvalue weighted by atomic mass is 32.1. The molecule has 0 bridgehead atoms. The first-order chi connectivity index (χ1) is 16.1. The normalized spacial score (nSPS) is 11.2. The van der Waals surface area contributed by atoms with Crippen molar-refractivity contribution in [2.45, 2.75) is 13.8 Å². The minimum Gasteiger partial charge on any atom is -0.505 e. The molecule has 3 heterocycles. The van der Waals surface area contributed by atoms with Gasteiger partial charge in [-0.2, -0.15) is 0 Å². The van der Waals surface area contributed by atoms with E-state index in [1.165, 1.54) is 37.9 Å². The standard InChI is InChI=1S/C23H22FN3O6S/c1-6-33-22(30)14-10(2)34-19(18(14)28)15-16-20(26(3)23(31)27(4)21(16)29)25-17(15)11-7-8-13(32-5)12(24)9-11/h7-9,25,28H,6H2,1-5H3. The molecule has 0 aliphatic carbocycles. The van der Waals surface area contributed by atoms with Crippen LogP contribution < -0.4 is 16.0 Å². The van der Waals surface area contributed by atoms with Crippen LogP contribution in [0.15, 0.2) is 27.8 Å². The van der Waals surface area contributed by atoms with Gasteiger partial charge in [-0.25, -0.2) is 14.0 Å². The molecule has 3 aromatic heterocycles. The molecule has 0 aliphatic rings. The summed E-state index contributed by atoms with van der Waals surface area (Å²) in [6, 6.07) is 4.24. The average Bonchev–Trinajstić information content (AvgIpc) is 3.33. The molecule has 4 aromatic rings. The Morgan fingerprint density at radius 2 is 1.94 bits per heavy atom. The maximum atomic E-state index is 14.6. The summed E-state index contributed by atoms with van der Waals surface area (Å²) in [6.45, 7) is 3.42. The lowest BCUT2D eigenvalue weighted by atomic mass is 10.0. The van der Waals surface area contributed by atoms with E-state index in [1.54, 1.807) is 19.9 Å². The Kier molecular flexibility index (Phi) is 5.82. The highest BCUT2D eigenvalue weighted by molar-refractivity contribution is 7.16. The third-order valence-electron chi connectivity index (χ3n) is 5.61. The Hall–Kier alpha value is -3.86. The molecule has 0 spiro atoms. The zero-order valence-electron chi connectivity index (χ0n) is 19.1. The molecule has 11 heteroatoms. The van der Waals surface area contributed by atoms with Gasteiger partial charge in [-0.15, -0.1) is 11.3 Å². The molecular formula is C23H22FN3O6S. The summed E-state index contributed by atoms with van der Waals surface area (Å²) in [6.07, 6.45) is 0. The number of aromatic nitrogens is 3. The number of nitrogens with zero attached hydrogens (tertiary/aromatic N) is 2. The molecule has 0 saturated carbocycles. The van der Waals surface area contributed by atoms with Crippen LogP contribution in [0.3, 0.4) is 0 Å². The molecule has 0 amide bonds. The molecule has 34 heavy (non-hydrogen) atoms. The van der Waals surface area contributed by atoms with Crippen LogP contribution in [0, 0.1) is 12.7 Å². The van der Waals surface area contributed by atoms with E-state index < -0.39 is 23.0 Å². The fraction of sp³-hybridized carbons (Fsp3) is 0.261. The fourth-order valence-corrected chi connectivity index (χ4v) is 5.03. The molecule has 0 fully saturated rings. The molecular weight excluding hydrogens is 465 g/mol. The molecule has 178 valence electrons. The van der Waals surface area contributed by atoms with Gasteiger partial charge in [0, 0.05) is 30.1 Å². The Labute approximate surface area is 196 Å². The van der Waals surface area contributed by atoms with Crippen molar-refractivity contribution in [1.29, 1.82) is 0 Å². The third kappa shape index (κ3) is 3.39. The van der Waals surface area contributed by atoms with Gasteiger partial charge in [-0.3, -0.25) is 13.9 Å². The zero-order chi connectivity index (χ0) is 24.9. The molecule has 0 atom stereocenters. The number of hydrogen-bond acceptors (Lipinski definition) is 7. The maximum Gasteiger partial charge on any atom is 0.343 e. The number of H-pyrrole nitrogens is 1. The topological polar surface area (TPSA) is 116 Å². The molecule has 9 nitrogen and oxygen atoms in total. The number of aromatic hydroxyl groups is 1. The fourth-order valence-electron chi connectivity index (χ4n) is 3.93. The van der Waals surface area contributed by atoms with Crippen LogP contribution in [0.5, 0.6) is 11.5 Å². The number of carbonyl (C=O) groups excluding carboxylic acids is 1. The lowest BCUT2D eigenvalue weighted by molar-refractivity contribution is 0.0523. The number of ether oxygens (including phenoxy) is 2. The first kappa shape index (κ1) is 23.3. The molecule has 0 unspecified atom stereocenters. The number of esters is 1. The van der Waals surface area contributed by atoms with Gasteiger partial charge in [-0.05, 0) is 32.0 Å². The largest absolute Gasteiger partial charge is 0.505 e.